The molecule has 5 nitrogen and oxygen atoms in total. The highest BCUT2D eigenvalue weighted by Gasteiger charge is 2.46. The molecule has 0 aromatic heterocycles. The molecule has 0 aliphatic heterocycles. The van der Waals surface area contributed by atoms with Crippen molar-refractivity contribution in [1.82, 2.24) is 15.1 Å². The van der Waals surface area contributed by atoms with Crippen LogP contribution >= 0.6 is 27.5 Å². The molecule has 1 aromatic carbocycles. The molecule has 3 atom stereocenters. The third-order valence-corrected chi connectivity index (χ3v) is 7.14. The third kappa shape index (κ3) is 5.15. The van der Waals surface area contributed by atoms with Crippen LogP contribution in [0.25, 0.3) is 0 Å². The molecule has 7 heteroatoms. The van der Waals surface area contributed by atoms with Crippen LogP contribution in [-0.4, -0.2) is 60.9 Å². The van der Waals surface area contributed by atoms with Crippen molar-refractivity contribution >= 4 is 39.3 Å². The Hall–Kier alpha value is -1.11. The normalized spacial score (nSPS) is 26.6. The van der Waals surface area contributed by atoms with Gasteiger partial charge in [0.25, 0.3) is 0 Å². The number of nitrogens with zero attached hydrogens (tertiary/aromatic N) is 2. The Kier molecular flexibility index (Phi) is 7.28. The number of rotatable bonds is 8. The van der Waals surface area contributed by atoms with Gasteiger partial charge >= 0.3 is 0 Å². The summed E-state index contributed by atoms with van der Waals surface area (Å²) in [6, 6.07) is 6.16. The molecule has 0 bridgehead atoms. The zero-order valence-corrected chi connectivity index (χ0v) is 20.0. The van der Waals surface area contributed by atoms with E-state index < -0.39 is 0 Å². The van der Waals surface area contributed by atoms with Crippen molar-refractivity contribution in [3.63, 3.8) is 0 Å². The highest BCUT2D eigenvalue weighted by molar-refractivity contribution is 9.10. The summed E-state index contributed by atoms with van der Waals surface area (Å²) >= 11 is 9.75. The fourth-order valence-corrected chi connectivity index (χ4v) is 5.07. The van der Waals surface area contributed by atoms with Crippen molar-refractivity contribution in [2.45, 2.75) is 63.1 Å². The van der Waals surface area contributed by atoms with Gasteiger partial charge in [0, 0.05) is 34.5 Å². The summed E-state index contributed by atoms with van der Waals surface area (Å²) in [5.41, 5.74) is 1.05. The fraction of sp³-hybridized carbons (Fsp3) is 0.636. The molecule has 2 saturated carbocycles. The van der Waals surface area contributed by atoms with E-state index >= 15 is 0 Å². The van der Waals surface area contributed by atoms with Crippen LogP contribution in [0.2, 0.25) is 5.02 Å². The summed E-state index contributed by atoms with van der Waals surface area (Å²) in [7, 11) is 5.81. The predicted octanol–water partition coefficient (Wildman–Crippen LogP) is 4.04. The van der Waals surface area contributed by atoms with Crippen molar-refractivity contribution in [2.75, 3.05) is 21.1 Å². The average Bonchev–Trinajstić information content (AvgIpc) is 3.41. The van der Waals surface area contributed by atoms with E-state index in [2.05, 4.69) is 28.2 Å². The first-order valence-corrected chi connectivity index (χ1v) is 11.6. The van der Waals surface area contributed by atoms with Gasteiger partial charge in [-0.15, -0.1) is 0 Å². The lowest BCUT2D eigenvalue weighted by atomic mass is 9.85. The zero-order valence-electron chi connectivity index (χ0n) is 17.6. The maximum absolute atomic E-state index is 12.8. The summed E-state index contributed by atoms with van der Waals surface area (Å²) in [5, 5.41) is 3.88. The number of nitrogens with one attached hydrogen (secondary N) is 1. The minimum Gasteiger partial charge on any atom is -0.353 e. The molecule has 160 valence electrons. The van der Waals surface area contributed by atoms with Crippen molar-refractivity contribution in [2.24, 2.45) is 5.92 Å². The molecule has 0 radical (unpaired) electrons. The molecule has 0 heterocycles. The molecule has 2 aliphatic carbocycles. The number of carbonyl (C=O) groups excluding carboxylic acids is 2. The zero-order chi connectivity index (χ0) is 21.3. The van der Waals surface area contributed by atoms with Gasteiger partial charge in [-0.2, -0.15) is 0 Å². The first kappa shape index (κ1) is 22.6. The van der Waals surface area contributed by atoms with E-state index in [1.165, 1.54) is 0 Å². The van der Waals surface area contributed by atoms with Crippen molar-refractivity contribution in [3.8, 4) is 0 Å². The van der Waals surface area contributed by atoms with Crippen LogP contribution in [0, 0.1) is 5.92 Å². The van der Waals surface area contributed by atoms with Crippen LogP contribution in [0.3, 0.4) is 0 Å². The van der Waals surface area contributed by atoms with Crippen LogP contribution in [0.1, 0.15) is 50.5 Å². The highest BCUT2D eigenvalue weighted by Crippen LogP contribution is 2.50. The van der Waals surface area contributed by atoms with Crippen LogP contribution in [0.15, 0.2) is 22.7 Å². The Morgan fingerprint density at radius 3 is 2.52 bits per heavy atom. The average molecular weight is 485 g/mol. The summed E-state index contributed by atoms with van der Waals surface area (Å²) in [4.78, 5) is 29.3. The van der Waals surface area contributed by atoms with E-state index in [4.69, 9.17) is 11.6 Å². The molecule has 1 aromatic rings. The van der Waals surface area contributed by atoms with E-state index in [-0.39, 0.29) is 41.8 Å². The molecular weight excluding hydrogens is 454 g/mol. The van der Waals surface area contributed by atoms with E-state index in [9.17, 15) is 9.59 Å². The lowest BCUT2D eigenvalue weighted by molar-refractivity contribution is -0.139. The van der Waals surface area contributed by atoms with Gasteiger partial charge in [-0.25, -0.2) is 0 Å². The van der Waals surface area contributed by atoms with Crippen molar-refractivity contribution < 1.29 is 9.59 Å². The molecule has 2 fully saturated rings. The van der Waals surface area contributed by atoms with Crippen LogP contribution in [0.4, 0.5) is 0 Å². The first-order valence-electron chi connectivity index (χ1n) is 10.4. The Balaban J connectivity index is 1.46. The monoisotopic (exact) mass is 483 g/mol. The number of hydrogen-bond acceptors (Lipinski definition) is 3. The fourth-order valence-electron chi connectivity index (χ4n) is 4.25. The van der Waals surface area contributed by atoms with Gasteiger partial charge in [-0.05, 0) is 63.4 Å². The van der Waals surface area contributed by atoms with E-state index in [0.29, 0.717) is 5.02 Å². The van der Waals surface area contributed by atoms with Crippen molar-refractivity contribution in [3.05, 3.63) is 33.3 Å². The van der Waals surface area contributed by atoms with Gasteiger partial charge in [-0.3, -0.25) is 14.5 Å². The second-order valence-electron chi connectivity index (χ2n) is 8.66. The number of likely N-dealkylation sites (N-methyl/N-ethyl adjacent to an activating group) is 2. The molecular formula is C22H31BrClN3O2. The highest BCUT2D eigenvalue weighted by atomic mass is 79.9. The summed E-state index contributed by atoms with van der Waals surface area (Å²) in [6.07, 6.45) is 4.36. The Morgan fingerprint density at radius 1 is 1.24 bits per heavy atom. The second-order valence-corrected chi connectivity index (χ2v) is 9.99. The molecule has 2 aliphatic rings. The Bertz CT molecular complexity index is 766. The standard InChI is InChI=1S/C22H31BrClN3O2/c1-5-6-20(26(2)3)22(29)27(4)15-10-14(11-15)25-21(28)18-12-17(18)16-8-7-13(23)9-19(16)24/h7-9,14-15,17-18,20H,5-6,10-12H2,1-4H3,(H,25,28)/t14?,15?,17-,18+,20?/m0/s1. The smallest absolute Gasteiger partial charge is 0.239 e. The molecule has 0 spiro atoms. The molecule has 1 N–H and O–H groups in total. The summed E-state index contributed by atoms with van der Waals surface area (Å²) in [5.74, 6) is 0.516. The van der Waals surface area contributed by atoms with Gasteiger partial charge in [0.15, 0.2) is 0 Å². The maximum Gasteiger partial charge on any atom is 0.239 e. The van der Waals surface area contributed by atoms with E-state index in [0.717, 1.165) is 42.1 Å². The lowest BCUT2D eigenvalue weighted by Crippen LogP contribution is -2.57. The van der Waals surface area contributed by atoms with E-state index in [1.807, 2.05) is 49.1 Å². The number of benzene rings is 1. The first-order chi connectivity index (χ1) is 13.7. The molecule has 3 rings (SSSR count). The van der Waals surface area contributed by atoms with Crippen LogP contribution in [0.5, 0.6) is 0 Å². The van der Waals surface area contributed by atoms with Crippen LogP contribution < -0.4 is 5.32 Å². The summed E-state index contributed by atoms with van der Waals surface area (Å²) in [6.45, 7) is 2.10. The minimum absolute atomic E-state index is 0.00904. The molecule has 2 amide bonds. The van der Waals surface area contributed by atoms with Gasteiger partial charge in [0.2, 0.25) is 11.8 Å². The Morgan fingerprint density at radius 2 is 1.93 bits per heavy atom. The largest absolute Gasteiger partial charge is 0.353 e. The van der Waals surface area contributed by atoms with Gasteiger partial charge < -0.3 is 10.2 Å². The Labute approximate surface area is 187 Å². The molecule has 0 saturated heterocycles. The quantitative estimate of drug-likeness (QED) is 0.606. The lowest BCUT2D eigenvalue weighted by Gasteiger charge is -2.43. The van der Waals surface area contributed by atoms with Crippen LogP contribution in [-0.2, 0) is 9.59 Å². The topological polar surface area (TPSA) is 52.7 Å². The van der Waals surface area contributed by atoms with Gasteiger partial charge in [0.05, 0.1) is 6.04 Å². The maximum atomic E-state index is 12.8. The number of hydrogen-bond donors (Lipinski definition) is 1. The van der Waals surface area contributed by atoms with Crippen molar-refractivity contribution in [1.29, 1.82) is 0 Å². The number of carbonyl (C=O) groups is 2. The molecule has 29 heavy (non-hydrogen) atoms. The SMILES string of the molecule is CCCC(C(=O)N(C)C1CC(NC(=O)[C@@H]2C[C@H]2c2ccc(Br)cc2Cl)C1)N(C)C. The third-order valence-electron chi connectivity index (χ3n) is 6.31. The minimum atomic E-state index is -0.0680. The summed E-state index contributed by atoms with van der Waals surface area (Å²) < 4.78 is 0.947. The van der Waals surface area contributed by atoms with E-state index in [1.54, 1.807) is 0 Å². The number of amides is 2. The predicted molar refractivity (Wildman–Crippen MR) is 120 cm³/mol. The second kappa shape index (κ2) is 9.36. The van der Waals surface area contributed by atoms with Gasteiger partial charge in [0.1, 0.15) is 0 Å². The molecule has 1 unspecified atom stereocenters. The van der Waals surface area contributed by atoms with Gasteiger partial charge in [-0.1, -0.05) is 46.9 Å². The number of halogens is 2.